The van der Waals surface area contributed by atoms with E-state index in [9.17, 15) is 0 Å². The number of hydrogen-bond acceptors (Lipinski definition) is 4. The van der Waals surface area contributed by atoms with Gasteiger partial charge < -0.3 is 4.90 Å². The van der Waals surface area contributed by atoms with E-state index in [0.29, 0.717) is 0 Å². The summed E-state index contributed by atoms with van der Waals surface area (Å²) in [5.41, 5.74) is 0. The van der Waals surface area contributed by atoms with Gasteiger partial charge in [0.15, 0.2) is 0 Å². The van der Waals surface area contributed by atoms with Crippen molar-refractivity contribution in [3.05, 3.63) is 17.8 Å². The molecule has 0 radical (unpaired) electrons. The van der Waals surface area contributed by atoms with E-state index in [-0.39, 0.29) is 0 Å². The van der Waals surface area contributed by atoms with Crippen LogP contribution >= 0.6 is 22.9 Å². The average Bonchev–Trinajstić information content (AvgIpc) is 2.96. The fourth-order valence-electron chi connectivity index (χ4n) is 2.44. The molecule has 3 rings (SSSR count). The Balaban J connectivity index is 1.87. The second kappa shape index (κ2) is 4.78. The summed E-state index contributed by atoms with van der Waals surface area (Å²) < 4.78 is 0. The van der Waals surface area contributed by atoms with Gasteiger partial charge in [0.25, 0.3) is 0 Å². The van der Waals surface area contributed by atoms with Crippen LogP contribution in [0.15, 0.2) is 17.8 Å². The van der Waals surface area contributed by atoms with Crippen LogP contribution in [0.5, 0.6) is 0 Å². The highest BCUT2D eigenvalue weighted by atomic mass is 35.5. The third-order valence-corrected chi connectivity index (χ3v) is 4.38. The highest BCUT2D eigenvalue weighted by Crippen LogP contribution is 2.31. The summed E-state index contributed by atoms with van der Waals surface area (Å²) >= 11 is 7.48. The normalized spacial score (nSPS) is 20.3. The molecule has 0 N–H and O–H groups in total. The fraction of sp³-hybridized carbons (Fsp3) is 0.500. The zero-order chi connectivity index (χ0) is 11.7. The fourth-order valence-corrected chi connectivity index (χ4v) is 3.48. The molecule has 5 heteroatoms. The maximum Gasteiger partial charge on any atom is 0.140 e. The standard InChI is InChI=1S/C12H14ClN3S/c13-4-1-9-2-5-16(7-9)11-10-3-6-17-12(10)15-8-14-11/h3,6,8-9H,1-2,4-5,7H2. The van der Waals surface area contributed by atoms with Crippen LogP contribution in [-0.2, 0) is 0 Å². The van der Waals surface area contributed by atoms with Crippen LogP contribution in [0.2, 0.25) is 0 Å². The van der Waals surface area contributed by atoms with Gasteiger partial charge in [-0.3, -0.25) is 0 Å². The Morgan fingerprint density at radius 3 is 3.29 bits per heavy atom. The lowest BCUT2D eigenvalue weighted by molar-refractivity contribution is 0.572. The summed E-state index contributed by atoms with van der Waals surface area (Å²) in [4.78, 5) is 12.2. The molecule has 0 amide bonds. The largest absolute Gasteiger partial charge is 0.356 e. The van der Waals surface area contributed by atoms with Gasteiger partial charge in [-0.05, 0) is 30.2 Å². The van der Waals surface area contributed by atoms with Crippen molar-refractivity contribution in [2.75, 3.05) is 23.9 Å². The smallest absolute Gasteiger partial charge is 0.140 e. The van der Waals surface area contributed by atoms with Crippen LogP contribution in [0.25, 0.3) is 10.2 Å². The molecule has 17 heavy (non-hydrogen) atoms. The number of nitrogens with zero attached hydrogens (tertiary/aromatic N) is 3. The van der Waals surface area contributed by atoms with E-state index < -0.39 is 0 Å². The van der Waals surface area contributed by atoms with Crippen LogP contribution in [0.1, 0.15) is 12.8 Å². The van der Waals surface area contributed by atoms with Crippen LogP contribution in [0, 0.1) is 5.92 Å². The van der Waals surface area contributed by atoms with Crippen molar-refractivity contribution < 1.29 is 0 Å². The number of halogens is 1. The molecule has 1 atom stereocenters. The molecular weight excluding hydrogens is 254 g/mol. The number of anilines is 1. The molecule has 1 saturated heterocycles. The average molecular weight is 268 g/mol. The maximum atomic E-state index is 5.81. The van der Waals surface area contributed by atoms with Crippen LogP contribution in [0.4, 0.5) is 5.82 Å². The molecule has 3 nitrogen and oxygen atoms in total. The van der Waals surface area contributed by atoms with Gasteiger partial charge in [0.05, 0.1) is 5.39 Å². The van der Waals surface area contributed by atoms with E-state index in [1.165, 1.54) is 11.8 Å². The molecule has 0 aliphatic carbocycles. The minimum atomic E-state index is 0.719. The highest BCUT2D eigenvalue weighted by molar-refractivity contribution is 7.16. The third-order valence-electron chi connectivity index (χ3n) is 3.34. The summed E-state index contributed by atoms with van der Waals surface area (Å²) in [6, 6.07) is 2.12. The molecule has 1 aliphatic heterocycles. The van der Waals surface area contributed by atoms with Gasteiger partial charge in [-0.15, -0.1) is 22.9 Å². The van der Waals surface area contributed by atoms with E-state index in [2.05, 4.69) is 26.3 Å². The first-order valence-electron chi connectivity index (χ1n) is 5.87. The van der Waals surface area contributed by atoms with Crippen LogP contribution < -0.4 is 4.90 Å². The molecule has 0 saturated carbocycles. The first-order valence-corrected chi connectivity index (χ1v) is 7.29. The van der Waals surface area contributed by atoms with E-state index in [0.717, 1.165) is 42.0 Å². The van der Waals surface area contributed by atoms with E-state index in [1.807, 2.05) is 0 Å². The quantitative estimate of drug-likeness (QED) is 0.800. The lowest BCUT2D eigenvalue weighted by Crippen LogP contribution is -2.21. The van der Waals surface area contributed by atoms with Gasteiger partial charge in [0, 0.05) is 19.0 Å². The predicted molar refractivity (Wildman–Crippen MR) is 73.1 cm³/mol. The van der Waals surface area contributed by atoms with Crippen molar-refractivity contribution in [1.29, 1.82) is 0 Å². The molecule has 2 aromatic heterocycles. The van der Waals surface area contributed by atoms with E-state index >= 15 is 0 Å². The van der Waals surface area contributed by atoms with Gasteiger partial charge >= 0.3 is 0 Å². The highest BCUT2D eigenvalue weighted by Gasteiger charge is 2.24. The molecule has 1 aliphatic rings. The predicted octanol–water partition coefficient (Wildman–Crippen LogP) is 3.15. The first kappa shape index (κ1) is 11.2. The SMILES string of the molecule is ClCCC1CCN(c2ncnc3sccc23)C1. The molecule has 1 unspecified atom stereocenters. The minimum absolute atomic E-state index is 0.719. The van der Waals surface area contributed by atoms with Crippen molar-refractivity contribution in [1.82, 2.24) is 9.97 Å². The van der Waals surface area contributed by atoms with E-state index in [1.54, 1.807) is 17.7 Å². The van der Waals surface area contributed by atoms with Gasteiger partial charge in [0.2, 0.25) is 0 Å². The number of alkyl halides is 1. The van der Waals surface area contributed by atoms with E-state index in [4.69, 9.17) is 11.6 Å². The molecule has 0 bridgehead atoms. The van der Waals surface area contributed by atoms with Crippen LogP contribution in [0.3, 0.4) is 0 Å². The Morgan fingerprint density at radius 1 is 1.47 bits per heavy atom. The number of hydrogen-bond donors (Lipinski definition) is 0. The lowest BCUT2D eigenvalue weighted by atomic mass is 10.1. The summed E-state index contributed by atoms with van der Waals surface area (Å²) in [7, 11) is 0. The molecule has 0 aromatic carbocycles. The second-order valence-corrected chi connectivity index (χ2v) is 5.69. The van der Waals surface area contributed by atoms with Crippen molar-refractivity contribution in [2.45, 2.75) is 12.8 Å². The van der Waals surface area contributed by atoms with Gasteiger partial charge in [-0.1, -0.05) is 0 Å². The zero-order valence-corrected chi connectivity index (χ0v) is 11.0. The van der Waals surface area contributed by atoms with Crippen molar-refractivity contribution in [3.8, 4) is 0 Å². The van der Waals surface area contributed by atoms with Crippen molar-refractivity contribution >= 4 is 39.0 Å². The zero-order valence-electron chi connectivity index (χ0n) is 9.47. The van der Waals surface area contributed by atoms with Gasteiger partial charge in [0.1, 0.15) is 17.0 Å². The lowest BCUT2D eigenvalue weighted by Gasteiger charge is -2.17. The number of thiophene rings is 1. The molecule has 90 valence electrons. The molecule has 1 fully saturated rings. The number of fused-ring (bicyclic) bond motifs is 1. The molecular formula is C12H14ClN3S. The van der Waals surface area contributed by atoms with Crippen molar-refractivity contribution in [2.24, 2.45) is 5.92 Å². The Hall–Kier alpha value is -0.870. The topological polar surface area (TPSA) is 29.0 Å². The van der Waals surface area contributed by atoms with Gasteiger partial charge in [-0.25, -0.2) is 9.97 Å². The van der Waals surface area contributed by atoms with Crippen molar-refractivity contribution in [3.63, 3.8) is 0 Å². The minimum Gasteiger partial charge on any atom is -0.356 e. The first-order chi connectivity index (χ1) is 8.38. The Morgan fingerprint density at radius 2 is 2.41 bits per heavy atom. The second-order valence-electron chi connectivity index (χ2n) is 4.42. The summed E-state index contributed by atoms with van der Waals surface area (Å²) in [5, 5.41) is 3.26. The third kappa shape index (κ3) is 2.11. The van der Waals surface area contributed by atoms with Gasteiger partial charge in [-0.2, -0.15) is 0 Å². The monoisotopic (exact) mass is 267 g/mol. The molecule has 2 aromatic rings. The summed E-state index contributed by atoms with van der Waals surface area (Å²) in [6.45, 7) is 2.16. The number of aromatic nitrogens is 2. The molecule has 0 spiro atoms. The Bertz CT molecular complexity index is 513. The Kier molecular flexibility index (Phi) is 3.16. The molecule has 3 heterocycles. The maximum absolute atomic E-state index is 5.81. The Labute approximate surface area is 109 Å². The van der Waals surface area contributed by atoms with Crippen LogP contribution in [-0.4, -0.2) is 28.9 Å². The number of rotatable bonds is 3. The summed E-state index contributed by atoms with van der Waals surface area (Å²) in [6.07, 6.45) is 4.00. The summed E-state index contributed by atoms with van der Waals surface area (Å²) in [5.74, 6) is 2.57.